The summed E-state index contributed by atoms with van der Waals surface area (Å²) in [4.78, 5) is 45.0. The third kappa shape index (κ3) is 4.25. The summed E-state index contributed by atoms with van der Waals surface area (Å²) in [6, 6.07) is 5.29. The van der Waals surface area contributed by atoms with Crippen molar-refractivity contribution in [2.45, 2.75) is 22.8 Å². The van der Waals surface area contributed by atoms with E-state index in [1.54, 1.807) is 11.6 Å². The van der Waals surface area contributed by atoms with Crippen LogP contribution in [0.25, 0.3) is 4.96 Å². The highest BCUT2D eigenvalue weighted by molar-refractivity contribution is 8.01. The fourth-order valence-electron chi connectivity index (χ4n) is 2.53. The molecule has 0 bridgehead atoms. The Morgan fingerprint density at radius 2 is 2.13 bits per heavy atom. The fourth-order valence-corrected chi connectivity index (χ4v) is 5.16. The van der Waals surface area contributed by atoms with Gasteiger partial charge in [0.15, 0.2) is 9.30 Å². The molecule has 0 amide bonds. The number of non-ortho nitro benzene ring substituents is 1. The number of hydrogen-bond acceptors (Lipinski definition) is 10. The van der Waals surface area contributed by atoms with Crippen LogP contribution in [0.2, 0.25) is 0 Å². The van der Waals surface area contributed by atoms with E-state index in [4.69, 9.17) is 4.74 Å². The number of carbonyl (C=O) groups excluding carboxylic acids is 1. The van der Waals surface area contributed by atoms with Gasteiger partial charge in [-0.2, -0.15) is 0 Å². The normalized spacial score (nSPS) is 11.0. The molecule has 3 aromatic heterocycles. The minimum Gasteiger partial charge on any atom is -0.456 e. The van der Waals surface area contributed by atoms with Crippen molar-refractivity contribution in [3.63, 3.8) is 0 Å². The van der Waals surface area contributed by atoms with Crippen molar-refractivity contribution in [3.8, 4) is 0 Å². The van der Waals surface area contributed by atoms with Crippen LogP contribution in [0.4, 0.5) is 5.69 Å². The number of benzene rings is 1. The second kappa shape index (κ2) is 8.34. The van der Waals surface area contributed by atoms with E-state index in [9.17, 15) is 19.7 Å². The second-order valence-electron chi connectivity index (χ2n) is 6.01. The quantitative estimate of drug-likeness (QED) is 0.241. The van der Waals surface area contributed by atoms with Crippen molar-refractivity contribution < 1.29 is 14.5 Å². The van der Waals surface area contributed by atoms with Gasteiger partial charge in [0, 0.05) is 45.7 Å². The van der Waals surface area contributed by atoms with Crippen LogP contribution in [-0.2, 0) is 11.3 Å². The maximum Gasteiger partial charge on any atom is 0.339 e. The molecule has 0 aliphatic carbocycles. The maximum absolute atomic E-state index is 12.7. The highest BCUT2D eigenvalue weighted by Crippen LogP contribution is 2.34. The number of aromatic nitrogens is 3. The van der Waals surface area contributed by atoms with E-state index >= 15 is 0 Å². The Labute approximate surface area is 181 Å². The van der Waals surface area contributed by atoms with Crippen molar-refractivity contribution in [1.82, 2.24) is 14.4 Å². The molecule has 0 saturated heterocycles. The smallest absolute Gasteiger partial charge is 0.339 e. The molecule has 4 rings (SSSR count). The number of nitro groups is 1. The predicted molar refractivity (Wildman–Crippen MR) is 113 cm³/mol. The molecule has 0 saturated carbocycles. The van der Waals surface area contributed by atoms with Gasteiger partial charge in [-0.25, -0.2) is 14.8 Å². The Balaban J connectivity index is 1.59. The SMILES string of the molecule is Cc1csc(Sc2ccc([N+](=O)[O-])cc2C(=O)OCc2cc(=O)n3ccsc3n2)n1. The van der Waals surface area contributed by atoms with Crippen LogP contribution in [0.15, 0.2) is 55.3 Å². The van der Waals surface area contributed by atoms with Crippen LogP contribution >= 0.6 is 34.4 Å². The van der Waals surface area contributed by atoms with Gasteiger partial charge in [0.2, 0.25) is 0 Å². The van der Waals surface area contributed by atoms with Crippen molar-refractivity contribution in [3.05, 3.63) is 78.6 Å². The van der Waals surface area contributed by atoms with E-state index in [1.807, 2.05) is 12.3 Å². The van der Waals surface area contributed by atoms with E-state index in [0.717, 1.165) is 5.69 Å². The first-order valence-corrected chi connectivity index (χ1v) is 11.0. The number of fused-ring (bicyclic) bond motifs is 1. The van der Waals surface area contributed by atoms with Crippen molar-refractivity contribution >= 4 is 51.1 Å². The number of rotatable bonds is 6. The van der Waals surface area contributed by atoms with E-state index < -0.39 is 10.9 Å². The molecule has 0 fully saturated rings. The standard InChI is InChI=1S/C18H12N4O5S3/c1-10-9-29-18(19-10)30-14-3-2-12(22(25)26)7-13(14)16(24)27-8-11-6-15(23)21-4-5-28-17(21)20-11/h2-7,9H,8H2,1H3. The summed E-state index contributed by atoms with van der Waals surface area (Å²) in [7, 11) is 0. The summed E-state index contributed by atoms with van der Waals surface area (Å²) in [5.74, 6) is -0.748. The van der Waals surface area contributed by atoms with Gasteiger partial charge in [-0.15, -0.1) is 22.7 Å². The molecule has 12 heteroatoms. The zero-order valence-corrected chi connectivity index (χ0v) is 17.8. The van der Waals surface area contributed by atoms with Gasteiger partial charge in [0.25, 0.3) is 11.2 Å². The third-order valence-electron chi connectivity index (χ3n) is 3.90. The fraction of sp³-hybridized carbons (Fsp3) is 0.111. The molecule has 0 unspecified atom stereocenters. The van der Waals surface area contributed by atoms with Crippen LogP contribution in [0.1, 0.15) is 21.7 Å². The molecule has 1 aromatic carbocycles. The number of thiazole rings is 2. The minimum absolute atomic E-state index is 0.0518. The largest absolute Gasteiger partial charge is 0.456 e. The summed E-state index contributed by atoms with van der Waals surface area (Å²) in [6.07, 6.45) is 1.61. The number of nitro benzene ring substituents is 1. The van der Waals surface area contributed by atoms with Crippen molar-refractivity contribution in [1.29, 1.82) is 0 Å². The van der Waals surface area contributed by atoms with Gasteiger partial charge in [-0.1, -0.05) is 11.8 Å². The molecule has 0 aliphatic rings. The van der Waals surface area contributed by atoms with Gasteiger partial charge in [0.05, 0.1) is 16.2 Å². The molecule has 3 heterocycles. The highest BCUT2D eigenvalue weighted by Gasteiger charge is 2.20. The van der Waals surface area contributed by atoms with Gasteiger partial charge >= 0.3 is 5.97 Å². The van der Waals surface area contributed by atoms with E-state index in [0.29, 0.717) is 19.9 Å². The first-order valence-electron chi connectivity index (χ1n) is 8.42. The Kier molecular flexibility index (Phi) is 5.61. The number of hydrogen-bond donors (Lipinski definition) is 0. The molecular weight excluding hydrogens is 448 g/mol. The summed E-state index contributed by atoms with van der Waals surface area (Å²) >= 11 is 3.92. The summed E-state index contributed by atoms with van der Waals surface area (Å²) in [6.45, 7) is 1.62. The van der Waals surface area contributed by atoms with Crippen LogP contribution in [0, 0.1) is 17.0 Å². The lowest BCUT2D eigenvalue weighted by Crippen LogP contribution is -2.15. The first kappa shape index (κ1) is 20.2. The Morgan fingerprint density at radius 1 is 1.30 bits per heavy atom. The Morgan fingerprint density at radius 3 is 2.87 bits per heavy atom. The molecule has 4 aromatic rings. The maximum atomic E-state index is 12.7. The molecule has 0 N–H and O–H groups in total. The Hall–Kier alpha value is -3.09. The van der Waals surface area contributed by atoms with Crippen molar-refractivity contribution in [2.75, 3.05) is 0 Å². The molecule has 0 aliphatic heterocycles. The minimum atomic E-state index is -0.748. The zero-order valence-electron chi connectivity index (χ0n) is 15.3. The molecule has 0 radical (unpaired) electrons. The molecular formula is C18H12N4O5S3. The van der Waals surface area contributed by atoms with Gasteiger partial charge in [0.1, 0.15) is 6.61 Å². The van der Waals surface area contributed by atoms with Crippen molar-refractivity contribution in [2.24, 2.45) is 0 Å². The average Bonchev–Trinajstić information content (AvgIpc) is 3.35. The summed E-state index contributed by atoms with van der Waals surface area (Å²) in [5.41, 5.74) is 0.688. The molecule has 30 heavy (non-hydrogen) atoms. The lowest BCUT2D eigenvalue weighted by atomic mass is 10.2. The molecule has 9 nitrogen and oxygen atoms in total. The summed E-state index contributed by atoms with van der Waals surface area (Å²) < 4.78 is 7.41. The topological polar surface area (TPSA) is 117 Å². The third-order valence-corrected chi connectivity index (χ3v) is 6.79. The number of ether oxygens (including phenoxy) is 1. The lowest BCUT2D eigenvalue weighted by Gasteiger charge is -2.08. The van der Waals surface area contributed by atoms with Gasteiger partial charge in [-0.05, 0) is 13.0 Å². The second-order valence-corrected chi connectivity index (χ2v) is 9.03. The zero-order chi connectivity index (χ0) is 21.3. The lowest BCUT2D eigenvalue weighted by molar-refractivity contribution is -0.384. The number of aryl methyl sites for hydroxylation is 1. The van der Waals surface area contributed by atoms with Crippen LogP contribution in [0.3, 0.4) is 0 Å². The van der Waals surface area contributed by atoms with E-state index in [1.165, 1.54) is 63.1 Å². The highest BCUT2D eigenvalue weighted by atomic mass is 32.2. The molecule has 0 spiro atoms. The van der Waals surface area contributed by atoms with E-state index in [2.05, 4.69) is 9.97 Å². The monoisotopic (exact) mass is 460 g/mol. The van der Waals surface area contributed by atoms with Crippen LogP contribution in [0.5, 0.6) is 0 Å². The van der Waals surface area contributed by atoms with Gasteiger partial charge in [-0.3, -0.25) is 19.3 Å². The van der Waals surface area contributed by atoms with Gasteiger partial charge < -0.3 is 4.74 Å². The molecule has 0 atom stereocenters. The predicted octanol–water partition coefficient (Wildman–Crippen LogP) is 3.94. The van der Waals surface area contributed by atoms with Crippen LogP contribution in [-0.4, -0.2) is 25.3 Å². The van der Waals surface area contributed by atoms with Crippen LogP contribution < -0.4 is 5.56 Å². The number of esters is 1. The Bertz CT molecular complexity index is 1330. The van der Waals surface area contributed by atoms with E-state index in [-0.39, 0.29) is 23.4 Å². The number of carbonyl (C=O) groups is 1. The summed E-state index contributed by atoms with van der Waals surface area (Å²) in [5, 5.41) is 14.8. The number of nitrogens with zero attached hydrogens (tertiary/aromatic N) is 4. The first-order chi connectivity index (χ1) is 14.4. The molecule has 152 valence electrons. The average molecular weight is 461 g/mol.